The Labute approximate surface area is 220 Å². The van der Waals surface area contributed by atoms with Crippen LogP contribution in [-0.2, 0) is 31.6 Å². The van der Waals surface area contributed by atoms with E-state index in [9.17, 15) is 54.2 Å². The third kappa shape index (κ3) is 7.04. The first-order valence-corrected chi connectivity index (χ1v) is 11.0. The first kappa shape index (κ1) is 30.3. The Morgan fingerprint density at radius 1 is 0.775 bits per heavy atom. The summed E-state index contributed by atoms with van der Waals surface area (Å²) in [5, 5.41) is 9.72. The maximum Gasteiger partial charge on any atom is 0.416 e. The molecule has 0 saturated carbocycles. The maximum atomic E-state index is 13.5. The van der Waals surface area contributed by atoms with Gasteiger partial charge in [-0.15, -0.1) is 0 Å². The molecule has 0 aliphatic heterocycles. The van der Waals surface area contributed by atoms with Crippen LogP contribution in [0.25, 0.3) is 11.1 Å². The van der Waals surface area contributed by atoms with E-state index in [0.717, 1.165) is 6.07 Å². The molecule has 0 aromatic heterocycles. The van der Waals surface area contributed by atoms with E-state index in [1.54, 1.807) is 0 Å². The number of methoxy groups -OCH3 is 1. The zero-order valence-electron chi connectivity index (χ0n) is 20.2. The molecule has 3 aromatic carbocycles. The fourth-order valence-electron chi connectivity index (χ4n) is 3.90. The standard InChI is InChI=1S/C26H18F9NO4/c1-40-22-5-2-14(13-37)8-21(22)20-4-3-17(24(27,28)29)9-16(20)12-36(23(38)39)11-15-6-18(25(30,31)32)10-19(7-15)26(33,34)35/h2-10,13H,11-12H2,1H3,(H,38,39). The highest BCUT2D eigenvalue weighted by molar-refractivity contribution is 5.83. The van der Waals surface area contributed by atoms with Crippen LogP contribution < -0.4 is 4.74 Å². The highest BCUT2D eigenvalue weighted by Gasteiger charge is 2.37. The highest BCUT2D eigenvalue weighted by Crippen LogP contribution is 2.39. The Morgan fingerprint density at radius 2 is 1.35 bits per heavy atom. The number of halogens is 9. The Balaban J connectivity index is 2.16. The molecule has 1 amide bonds. The van der Waals surface area contributed by atoms with Crippen molar-refractivity contribution in [3.8, 4) is 16.9 Å². The van der Waals surface area contributed by atoms with Crippen LogP contribution in [0.15, 0.2) is 54.6 Å². The number of amides is 1. The van der Waals surface area contributed by atoms with Crippen molar-refractivity contribution >= 4 is 12.4 Å². The van der Waals surface area contributed by atoms with Crippen molar-refractivity contribution in [2.45, 2.75) is 31.6 Å². The number of nitrogens with zero attached hydrogens (tertiary/aromatic N) is 1. The molecule has 40 heavy (non-hydrogen) atoms. The van der Waals surface area contributed by atoms with Gasteiger partial charge in [0.1, 0.15) is 12.0 Å². The molecule has 0 fully saturated rings. The molecule has 0 bridgehead atoms. The average molecular weight is 579 g/mol. The number of benzene rings is 3. The van der Waals surface area contributed by atoms with Crippen LogP contribution in [0, 0.1) is 0 Å². The van der Waals surface area contributed by atoms with E-state index in [-0.39, 0.29) is 34.1 Å². The molecular formula is C26H18F9NO4. The van der Waals surface area contributed by atoms with E-state index in [1.165, 1.54) is 25.3 Å². The van der Waals surface area contributed by atoms with Gasteiger partial charge in [0.25, 0.3) is 0 Å². The molecule has 214 valence electrons. The second-order valence-electron chi connectivity index (χ2n) is 8.50. The van der Waals surface area contributed by atoms with Gasteiger partial charge in [-0.2, -0.15) is 39.5 Å². The van der Waals surface area contributed by atoms with Crippen molar-refractivity contribution in [3.05, 3.63) is 88.0 Å². The Kier molecular flexibility index (Phi) is 8.41. The monoisotopic (exact) mass is 579 g/mol. The van der Waals surface area contributed by atoms with Gasteiger partial charge >= 0.3 is 24.6 Å². The second kappa shape index (κ2) is 11.1. The molecule has 0 spiro atoms. The Hall–Kier alpha value is -4.23. The Morgan fingerprint density at radius 3 is 1.82 bits per heavy atom. The summed E-state index contributed by atoms with van der Waals surface area (Å²) < 4.78 is 125. The van der Waals surface area contributed by atoms with E-state index in [1.807, 2.05) is 0 Å². The van der Waals surface area contributed by atoms with Crippen molar-refractivity contribution in [1.29, 1.82) is 0 Å². The SMILES string of the molecule is COc1ccc(C=O)cc1-c1ccc(C(F)(F)F)cc1CN(Cc1cc(C(F)(F)F)cc(C(F)(F)F)c1)C(=O)O. The van der Waals surface area contributed by atoms with Gasteiger partial charge in [0.2, 0.25) is 0 Å². The van der Waals surface area contributed by atoms with Crippen molar-refractivity contribution in [2.75, 3.05) is 7.11 Å². The third-order valence-electron chi connectivity index (χ3n) is 5.73. The predicted molar refractivity (Wildman–Crippen MR) is 123 cm³/mol. The molecule has 3 rings (SSSR count). The predicted octanol–water partition coefficient (Wildman–Crippen LogP) is 7.91. The largest absolute Gasteiger partial charge is 0.496 e. The lowest BCUT2D eigenvalue weighted by molar-refractivity contribution is -0.143. The quantitative estimate of drug-likeness (QED) is 0.228. The summed E-state index contributed by atoms with van der Waals surface area (Å²) in [6, 6.07) is 6.79. The lowest BCUT2D eigenvalue weighted by atomic mass is 9.94. The molecular weight excluding hydrogens is 561 g/mol. The number of carbonyl (C=O) groups excluding carboxylic acids is 1. The van der Waals surface area contributed by atoms with E-state index in [0.29, 0.717) is 35.5 Å². The molecule has 5 nitrogen and oxygen atoms in total. The van der Waals surface area contributed by atoms with Gasteiger partial charge in [-0.3, -0.25) is 9.69 Å². The molecule has 3 aromatic rings. The third-order valence-corrected chi connectivity index (χ3v) is 5.73. The minimum atomic E-state index is -5.20. The summed E-state index contributed by atoms with van der Waals surface area (Å²) >= 11 is 0. The van der Waals surface area contributed by atoms with Crippen LogP contribution in [0.2, 0.25) is 0 Å². The number of carboxylic acid groups (broad SMARTS) is 1. The highest BCUT2D eigenvalue weighted by atomic mass is 19.4. The van der Waals surface area contributed by atoms with Gasteiger partial charge < -0.3 is 9.84 Å². The number of carbonyl (C=O) groups is 2. The molecule has 1 N–H and O–H groups in total. The zero-order chi connectivity index (χ0) is 30.0. The maximum absolute atomic E-state index is 13.5. The molecule has 0 aliphatic rings. The topological polar surface area (TPSA) is 66.8 Å². The fraction of sp³-hybridized carbons (Fsp3) is 0.231. The van der Waals surface area contributed by atoms with Gasteiger partial charge in [-0.25, -0.2) is 4.79 Å². The molecule has 0 radical (unpaired) electrons. The number of rotatable bonds is 7. The summed E-state index contributed by atoms with van der Waals surface area (Å²) in [7, 11) is 1.23. The van der Waals surface area contributed by atoms with Gasteiger partial charge in [-0.1, -0.05) is 6.07 Å². The normalized spacial score (nSPS) is 12.2. The van der Waals surface area contributed by atoms with E-state index < -0.39 is 60.0 Å². The van der Waals surface area contributed by atoms with E-state index >= 15 is 0 Å². The molecule has 0 aliphatic carbocycles. The number of alkyl halides is 9. The molecule has 0 saturated heterocycles. The lowest BCUT2D eigenvalue weighted by Crippen LogP contribution is -2.29. The summed E-state index contributed by atoms with van der Waals surface area (Å²) in [6.07, 6.45) is -16.7. The summed E-state index contributed by atoms with van der Waals surface area (Å²) in [5.41, 5.74) is -5.38. The van der Waals surface area contributed by atoms with Gasteiger partial charge in [0, 0.05) is 24.2 Å². The van der Waals surface area contributed by atoms with Gasteiger partial charge in [0.15, 0.2) is 0 Å². The number of aldehydes is 1. The van der Waals surface area contributed by atoms with Crippen molar-refractivity contribution < 1.29 is 58.9 Å². The smallest absolute Gasteiger partial charge is 0.416 e. The summed E-state index contributed by atoms with van der Waals surface area (Å²) in [5.74, 6) is 0.0983. The average Bonchev–Trinajstić information content (AvgIpc) is 2.86. The van der Waals surface area contributed by atoms with Crippen LogP contribution in [0.5, 0.6) is 5.75 Å². The van der Waals surface area contributed by atoms with Crippen LogP contribution in [0.1, 0.15) is 38.2 Å². The molecule has 0 heterocycles. The van der Waals surface area contributed by atoms with Crippen molar-refractivity contribution in [3.63, 3.8) is 0 Å². The lowest BCUT2D eigenvalue weighted by Gasteiger charge is -2.24. The number of ether oxygens (including phenoxy) is 1. The minimum Gasteiger partial charge on any atom is -0.496 e. The van der Waals surface area contributed by atoms with Gasteiger partial charge in [0.05, 0.1) is 23.8 Å². The van der Waals surface area contributed by atoms with Crippen LogP contribution in [0.4, 0.5) is 44.3 Å². The minimum absolute atomic E-state index is 0.0141. The summed E-state index contributed by atoms with van der Waals surface area (Å²) in [6.45, 7) is -1.90. The fourth-order valence-corrected chi connectivity index (χ4v) is 3.90. The van der Waals surface area contributed by atoms with Crippen molar-refractivity contribution in [2.24, 2.45) is 0 Å². The zero-order valence-corrected chi connectivity index (χ0v) is 20.2. The molecule has 0 unspecified atom stereocenters. The summed E-state index contributed by atoms with van der Waals surface area (Å²) in [4.78, 5) is 23.7. The first-order valence-electron chi connectivity index (χ1n) is 11.0. The Bertz CT molecular complexity index is 1380. The number of hydrogen-bond acceptors (Lipinski definition) is 3. The van der Waals surface area contributed by atoms with Crippen LogP contribution >= 0.6 is 0 Å². The second-order valence-corrected chi connectivity index (χ2v) is 8.50. The van der Waals surface area contributed by atoms with Gasteiger partial charge in [-0.05, 0) is 65.2 Å². The molecule has 0 atom stereocenters. The molecule has 14 heteroatoms. The van der Waals surface area contributed by atoms with Crippen LogP contribution in [0.3, 0.4) is 0 Å². The van der Waals surface area contributed by atoms with E-state index in [2.05, 4.69) is 0 Å². The van der Waals surface area contributed by atoms with Crippen LogP contribution in [-0.4, -0.2) is 29.5 Å². The number of hydrogen-bond donors (Lipinski definition) is 1. The first-order chi connectivity index (χ1) is 18.4. The van der Waals surface area contributed by atoms with E-state index in [4.69, 9.17) is 4.74 Å². The van der Waals surface area contributed by atoms with Crippen molar-refractivity contribution in [1.82, 2.24) is 4.90 Å².